The van der Waals surface area contributed by atoms with Gasteiger partial charge in [-0.1, -0.05) is 30.3 Å². The van der Waals surface area contributed by atoms with E-state index in [1.54, 1.807) is 18.7 Å². The van der Waals surface area contributed by atoms with Crippen LogP contribution in [0.5, 0.6) is 0 Å². The fraction of sp³-hybridized carbons (Fsp3) is 0.640. The first-order valence-electron chi connectivity index (χ1n) is 11.7. The summed E-state index contributed by atoms with van der Waals surface area (Å²) in [4.78, 5) is 41.1. The van der Waals surface area contributed by atoms with Crippen LogP contribution in [0.2, 0.25) is 0 Å². The van der Waals surface area contributed by atoms with Crippen LogP contribution in [0.1, 0.15) is 58.4 Å². The first-order valence-corrected chi connectivity index (χ1v) is 11.7. The lowest BCUT2D eigenvalue weighted by Gasteiger charge is -2.42. The van der Waals surface area contributed by atoms with Gasteiger partial charge in [0.2, 0.25) is 5.91 Å². The van der Waals surface area contributed by atoms with Gasteiger partial charge in [0, 0.05) is 26.1 Å². The molecule has 2 fully saturated rings. The molecule has 1 aromatic rings. The van der Waals surface area contributed by atoms with Crippen molar-refractivity contribution < 1.29 is 28.2 Å². The molecule has 8 heteroatoms. The van der Waals surface area contributed by atoms with Gasteiger partial charge in [0.25, 0.3) is 0 Å². The second-order valence-corrected chi connectivity index (χ2v) is 9.71. The molecule has 1 atom stereocenters. The van der Waals surface area contributed by atoms with Crippen molar-refractivity contribution in [3.8, 4) is 0 Å². The summed E-state index contributed by atoms with van der Waals surface area (Å²) in [6.45, 7) is 5.87. The zero-order valence-electron chi connectivity index (χ0n) is 19.8. The van der Waals surface area contributed by atoms with Crippen molar-refractivity contribution >= 4 is 18.0 Å². The highest BCUT2D eigenvalue weighted by Gasteiger charge is 2.43. The third-order valence-electron chi connectivity index (χ3n) is 6.49. The number of likely N-dealkylation sites (tertiary alicyclic amines) is 1. The Balaban J connectivity index is 1.68. The third-order valence-corrected chi connectivity index (χ3v) is 6.49. The van der Waals surface area contributed by atoms with Crippen LogP contribution in [0.4, 0.5) is 9.18 Å². The second-order valence-electron chi connectivity index (χ2n) is 9.71. The van der Waals surface area contributed by atoms with E-state index in [1.165, 1.54) is 6.92 Å². The fourth-order valence-corrected chi connectivity index (χ4v) is 4.58. The van der Waals surface area contributed by atoms with Crippen molar-refractivity contribution in [2.75, 3.05) is 19.7 Å². The van der Waals surface area contributed by atoms with Crippen LogP contribution in [-0.2, 0) is 25.7 Å². The molecule has 0 unspecified atom stereocenters. The lowest BCUT2D eigenvalue weighted by atomic mass is 9.87. The molecule has 1 saturated heterocycles. The van der Waals surface area contributed by atoms with Crippen molar-refractivity contribution in [1.29, 1.82) is 0 Å². The highest BCUT2D eigenvalue weighted by atomic mass is 19.1. The fourth-order valence-electron chi connectivity index (χ4n) is 4.58. The Hall–Kier alpha value is -2.64. The van der Waals surface area contributed by atoms with E-state index in [9.17, 15) is 18.8 Å². The van der Waals surface area contributed by atoms with Crippen molar-refractivity contribution in [3.05, 3.63) is 35.9 Å². The second kappa shape index (κ2) is 11.0. The smallest absolute Gasteiger partial charge is 0.410 e. The van der Waals surface area contributed by atoms with E-state index in [0.717, 1.165) is 5.56 Å². The molecular formula is C25H35FN2O5. The summed E-state index contributed by atoms with van der Waals surface area (Å²) in [6.07, 6.45) is 1.42. The highest BCUT2D eigenvalue weighted by molar-refractivity contribution is 5.83. The molecule has 1 aromatic carbocycles. The quantitative estimate of drug-likeness (QED) is 0.571. The highest BCUT2D eigenvalue weighted by Crippen LogP contribution is 2.33. The van der Waals surface area contributed by atoms with Crippen LogP contribution in [0.15, 0.2) is 30.3 Å². The van der Waals surface area contributed by atoms with Crippen molar-refractivity contribution in [1.82, 2.24) is 9.80 Å². The normalized spacial score (nSPS) is 23.2. The predicted molar refractivity (Wildman–Crippen MR) is 121 cm³/mol. The maximum Gasteiger partial charge on any atom is 0.410 e. The van der Waals surface area contributed by atoms with Crippen LogP contribution >= 0.6 is 0 Å². The predicted octanol–water partition coefficient (Wildman–Crippen LogP) is 4.10. The van der Waals surface area contributed by atoms with Crippen LogP contribution in [-0.4, -0.2) is 65.7 Å². The molecule has 2 aliphatic rings. The Labute approximate surface area is 195 Å². The molecule has 33 heavy (non-hydrogen) atoms. The zero-order chi connectivity index (χ0) is 24.0. The number of carbonyl (C=O) groups is 3. The number of halogens is 1. The van der Waals surface area contributed by atoms with E-state index in [0.29, 0.717) is 45.2 Å². The number of ether oxygens (including phenoxy) is 2. The Kier molecular flexibility index (Phi) is 8.32. The molecule has 1 aliphatic heterocycles. The average molecular weight is 463 g/mol. The number of carbonyl (C=O) groups excluding carboxylic acids is 3. The topological polar surface area (TPSA) is 76.2 Å². The SMILES string of the molecule is CC(=O)OCC(C)(C)C(=O)N(C1CCC(F)CC1)[C@H]1CCN(C(=O)OCc2ccccc2)C1. The molecule has 0 bridgehead atoms. The Morgan fingerprint density at radius 3 is 2.33 bits per heavy atom. The molecule has 0 aromatic heterocycles. The Bertz CT molecular complexity index is 823. The van der Waals surface area contributed by atoms with Crippen LogP contribution in [0, 0.1) is 5.41 Å². The maximum absolute atomic E-state index is 13.8. The van der Waals surface area contributed by atoms with Gasteiger partial charge in [-0.25, -0.2) is 9.18 Å². The van der Waals surface area contributed by atoms with Gasteiger partial charge in [-0.05, 0) is 51.5 Å². The summed E-state index contributed by atoms with van der Waals surface area (Å²) in [5, 5.41) is 0. The minimum absolute atomic E-state index is 0.0221. The number of esters is 1. The number of alkyl halides is 1. The van der Waals surface area contributed by atoms with Crippen molar-refractivity contribution in [2.24, 2.45) is 5.41 Å². The van der Waals surface area contributed by atoms with Gasteiger partial charge in [-0.3, -0.25) is 9.59 Å². The number of hydrogen-bond donors (Lipinski definition) is 0. The van der Waals surface area contributed by atoms with Gasteiger partial charge >= 0.3 is 12.1 Å². The molecule has 2 amide bonds. The number of amides is 2. The largest absolute Gasteiger partial charge is 0.465 e. The molecule has 7 nitrogen and oxygen atoms in total. The lowest BCUT2D eigenvalue weighted by Crippen LogP contribution is -2.55. The van der Waals surface area contributed by atoms with Crippen LogP contribution in [0.3, 0.4) is 0 Å². The number of nitrogens with zero attached hydrogens (tertiary/aromatic N) is 2. The van der Waals surface area contributed by atoms with E-state index in [1.807, 2.05) is 35.2 Å². The van der Waals surface area contributed by atoms with Gasteiger partial charge in [-0.2, -0.15) is 0 Å². The van der Waals surface area contributed by atoms with Gasteiger partial charge in [0.05, 0.1) is 11.5 Å². The van der Waals surface area contributed by atoms with Crippen LogP contribution in [0.25, 0.3) is 0 Å². The first kappa shape index (κ1) is 25.0. The van der Waals surface area contributed by atoms with Crippen molar-refractivity contribution in [2.45, 2.75) is 77.7 Å². The third kappa shape index (κ3) is 6.68. The standard InChI is InChI=1S/C25H35FN2O5/c1-18(29)33-17-25(2,3)23(30)28(21-11-9-20(26)10-12-21)22-13-14-27(15-22)24(31)32-16-19-7-5-4-6-8-19/h4-8,20-22H,9-17H2,1-3H3/t20?,21?,22-/m0/s1. The van der Waals surface area contributed by atoms with E-state index in [2.05, 4.69) is 0 Å². The molecular weight excluding hydrogens is 427 g/mol. The van der Waals surface area contributed by atoms with E-state index >= 15 is 0 Å². The summed E-state index contributed by atoms with van der Waals surface area (Å²) < 4.78 is 24.4. The Morgan fingerprint density at radius 2 is 1.70 bits per heavy atom. The Morgan fingerprint density at radius 1 is 1.03 bits per heavy atom. The summed E-state index contributed by atoms with van der Waals surface area (Å²) in [7, 11) is 0. The van der Waals surface area contributed by atoms with Gasteiger partial charge in [0.1, 0.15) is 19.4 Å². The molecule has 0 N–H and O–H groups in total. The van der Waals surface area contributed by atoms with Crippen molar-refractivity contribution in [3.63, 3.8) is 0 Å². The number of benzene rings is 1. The van der Waals surface area contributed by atoms with Gasteiger partial charge in [0.15, 0.2) is 0 Å². The van der Waals surface area contributed by atoms with Gasteiger partial charge < -0.3 is 19.3 Å². The summed E-state index contributed by atoms with van der Waals surface area (Å²) in [5.74, 6) is -0.566. The first-order chi connectivity index (χ1) is 15.7. The molecule has 1 heterocycles. The van der Waals surface area contributed by atoms with E-state index < -0.39 is 23.6 Å². The molecule has 182 valence electrons. The zero-order valence-corrected chi connectivity index (χ0v) is 19.8. The molecule has 0 spiro atoms. The molecule has 3 rings (SSSR count). The minimum atomic E-state index is -0.917. The molecule has 1 saturated carbocycles. The average Bonchev–Trinajstić information content (AvgIpc) is 3.28. The molecule has 1 aliphatic carbocycles. The minimum Gasteiger partial charge on any atom is -0.465 e. The molecule has 0 radical (unpaired) electrons. The van der Waals surface area contributed by atoms with E-state index in [-0.39, 0.29) is 31.2 Å². The summed E-state index contributed by atoms with van der Waals surface area (Å²) in [6, 6.07) is 9.21. The monoisotopic (exact) mass is 462 g/mol. The summed E-state index contributed by atoms with van der Waals surface area (Å²) >= 11 is 0. The van der Waals surface area contributed by atoms with Crippen LogP contribution < -0.4 is 0 Å². The summed E-state index contributed by atoms with van der Waals surface area (Å²) in [5.41, 5.74) is -0.00645. The lowest BCUT2D eigenvalue weighted by molar-refractivity contribution is -0.155. The van der Waals surface area contributed by atoms with E-state index in [4.69, 9.17) is 9.47 Å². The number of rotatable bonds is 7. The number of hydrogen-bond acceptors (Lipinski definition) is 5. The van der Waals surface area contributed by atoms with Gasteiger partial charge in [-0.15, -0.1) is 0 Å². The maximum atomic E-state index is 13.8.